The summed E-state index contributed by atoms with van der Waals surface area (Å²) in [6.45, 7) is 5.65. The first kappa shape index (κ1) is 17.7. The molecule has 0 radical (unpaired) electrons. The molecule has 0 unspecified atom stereocenters. The second-order valence-electron chi connectivity index (χ2n) is 6.89. The average molecular weight is 344 g/mol. The van der Waals surface area contributed by atoms with E-state index in [9.17, 15) is 8.78 Å². The van der Waals surface area contributed by atoms with Crippen molar-refractivity contribution >= 4 is 0 Å². The van der Waals surface area contributed by atoms with Crippen molar-refractivity contribution in [2.45, 2.75) is 45.1 Å². The van der Waals surface area contributed by atoms with Gasteiger partial charge in [-0.2, -0.15) is 4.39 Å². The third-order valence-electron chi connectivity index (χ3n) is 5.19. The Kier molecular flexibility index (Phi) is 5.52. The fourth-order valence-electron chi connectivity index (χ4n) is 3.48. The molecule has 2 aromatic rings. The van der Waals surface area contributed by atoms with Gasteiger partial charge in [0.2, 0.25) is 5.82 Å². The van der Waals surface area contributed by atoms with Gasteiger partial charge in [0.25, 0.3) is 0 Å². The summed E-state index contributed by atoms with van der Waals surface area (Å²) in [6, 6.07) is 11.3. The lowest BCUT2D eigenvalue weighted by Crippen LogP contribution is -2.11. The zero-order chi connectivity index (χ0) is 17.8. The smallest absolute Gasteiger partial charge is 0.200 e. The number of hydrogen-bond acceptors (Lipinski definition) is 1. The molecule has 1 aliphatic rings. The maximum Gasteiger partial charge on any atom is 0.200 e. The molecular formula is C22H26F2O. The Bertz CT molecular complexity index is 735. The van der Waals surface area contributed by atoms with E-state index in [1.165, 1.54) is 50.3 Å². The summed E-state index contributed by atoms with van der Waals surface area (Å²) < 4.78 is 32.8. The van der Waals surface area contributed by atoms with Crippen LogP contribution in [0.2, 0.25) is 0 Å². The second kappa shape index (κ2) is 7.81. The van der Waals surface area contributed by atoms with E-state index >= 15 is 0 Å². The molecule has 0 saturated heterocycles. The summed E-state index contributed by atoms with van der Waals surface area (Å²) in [5, 5.41) is 0. The zero-order valence-electron chi connectivity index (χ0n) is 14.6. The van der Waals surface area contributed by atoms with Crippen molar-refractivity contribution in [2.75, 3.05) is 0 Å². The van der Waals surface area contributed by atoms with E-state index in [-0.39, 0.29) is 19.3 Å². The van der Waals surface area contributed by atoms with Gasteiger partial charge in [-0.1, -0.05) is 36.4 Å². The Hall–Kier alpha value is -2.16. The van der Waals surface area contributed by atoms with Crippen molar-refractivity contribution in [3.05, 3.63) is 77.4 Å². The Balaban J connectivity index is 0.00000243. The van der Waals surface area contributed by atoms with Crippen LogP contribution in [0, 0.1) is 24.5 Å². The predicted octanol–water partition coefficient (Wildman–Crippen LogP) is 6.56. The Morgan fingerprint density at radius 1 is 1.04 bits per heavy atom. The van der Waals surface area contributed by atoms with Crippen molar-refractivity contribution < 1.29 is 14.9 Å². The fourth-order valence-corrected chi connectivity index (χ4v) is 3.48. The van der Waals surface area contributed by atoms with Crippen LogP contribution >= 0.6 is 0 Å². The summed E-state index contributed by atoms with van der Waals surface area (Å²) in [5.74, 6) is -0.544. The minimum absolute atomic E-state index is 0. The van der Waals surface area contributed by atoms with Gasteiger partial charge in [0.05, 0.1) is 0 Å². The van der Waals surface area contributed by atoms with Gasteiger partial charge in [0.1, 0.15) is 6.61 Å². The Morgan fingerprint density at radius 2 is 1.72 bits per heavy atom. The van der Waals surface area contributed by atoms with Gasteiger partial charge in [0, 0.05) is 1.43 Å². The third kappa shape index (κ3) is 4.09. The van der Waals surface area contributed by atoms with Crippen LogP contribution in [0.15, 0.2) is 49.1 Å². The Labute approximate surface area is 149 Å². The first-order valence-electron chi connectivity index (χ1n) is 8.87. The third-order valence-corrected chi connectivity index (χ3v) is 5.19. The van der Waals surface area contributed by atoms with E-state index < -0.39 is 11.6 Å². The standard InChI is InChI=1S/C22H24F2O.H2/c1-3-16-5-9-18(10-6-16)19-11-7-17(8-12-19)14-25-20-13-4-15(2)21(23)22(20)24;/h3-4,7-8,11-13,16,18H,1,5-6,9-10,14H2,2H3;1H. The molecule has 1 fully saturated rings. The van der Waals surface area contributed by atoms with Gasteiger partial charge < -0.3 is 4.74 Å². The molecule has 1 saturated carbocycles. The number of allylic oxidation sites excluding steroid dienone is 1. The summed E-state index contributed by atoms with van der Waals surface area (Å²) in [4.78, 5) is 0. The number of halogens is 2. The number of hydrogen-bond donors (Lipinski definition) is 0. The second-order valence-corrected chi connectivity index (χ2v) is 6.89. The van der Waals surface area contributed by atoms with Crippen LogP contribution < -0.4 is 4.74 Å². The highest BCUT2D eigenvalue weighted by Crippen LogP contribution is 2.36. The van der Waals surface area contributed by atoms with Crippen LogP contribution in [0.1, 0.15) is 49.7 Å². The zero-order valence-corrected chi connectivity index (χ0v) is 14.6. The van der Waals surface area contributed by atoms with Gasteiger partial charge in [-0.3, -0.25) is 0 Å². The quantitative estimate of drug-likeness (QED) is 0.558. The largest absolute Gasteiger partial charge is 0.486 e. The molecule has 0 N–H and O–H groups in total. The number of ether oxygens (including phenoxy) is 1. The van der Waals surface area contributed by atoms with Gasteiger partial charge >= 0.3 is 0 Å². The van der Waals surface area contributed by atoms with Crippen LogP contribution in [0.3, 0.4) is 0 Å². The van der Waals surface area contributed by atoms with E-state index in [0.717, 1.165) is 5.56 Å². The maximum absolute atomic E-state index is 13.8. The highest BCUT2D eigenvalue weighted by atomic mass is 19.2. The first-order chi connectivity index (χ1) is 12.1. The van der Waals surface area contributed by atoms with Crippen molar-refractivity contribution in [3.63, 3.8) is 0 Å². The molecule has 1 nitrogen and oxygen atoms in total. The van der Waals surface area contributed by atoms with Gasteiger partial charge in [-0.15, -0.1) is 6.58 Å². The Morgan fingerprint density at radius 3 is 2.36 bits per heavy atom. The molecule has 134 valence electrons. The lowest BCUT2D eigenvalue weighted by atomic mass is 9.79. The number of rotatable bonds is 5. The summed E-state index contributed by atoms with van der Waals surface area (Å²) in [5.41, 5.74) is 2.57. The van der Waals surface area contributed by atoms with Gasteiger partial charge in [0.15, 0.2) is 11.6 Å². The molecule has 0 atom stereocenters. The summed E-state index contributed by atoms with van der Waals surface area (Å²) >= 11 is 0. The maximum atomic E-state index is 13.8. The van der Waals surface area contributed by atoms with Crippen LogP contribution in [0.25, 0.3) is 0 Å². The van der Waals surface area contributed by atoms with Crippen LogP contribution in [0.4, 0.5) is 8.78 Å². The normalized spacial score (nSPS) is 20.3. The van der Waals surface area contributed by atoms with E-state index in [1.807, 2.05) is 12.1 Å². The number of aryl methyl sites for hydroxylation is 1. The van der Waals surface area contributed by atoms with E-state index in [4.69, 9.17) is 4.74 Å². The monoisotopic (exact) mass is 344 g/mol. The van der Waals surface area contributed by atoms with E-state index in [0.29, 0.717) is 11.8 Å². The predicted molar refractivity (Wildman–Crippen MR) is 98.9 cm³/mol. The molecule has 0 spiro atoms. The van der Waals surface area contributed by atoms with Crippen molar-refractivity contribution in [1.82, 2.24) is 0 Å². The fraction of sp³-hybridized carbons (Fsp3) is 0.364. The van der Waals surface area contributed by atoms with Gasteiger partial charge in [-0.25, -0.2) is 4.39 Å². The average Bonchev–Trinajstić information content (AvgIpc) is 2.66. The molecule has 0 amide bonds. The van der Waals surface area contributed by atoms with Crippen molar-refractivity contribution in [3.8, 4) is 5.75 Å². The molecule has 0 heterocycles. The molecule has 1 aliphatic carbocycles. The molecule has 3 rings (SSSR count). The molecule has 3 heteroatoms. The number of benzene rings is 2. The highest BCUT2D eigenvalue weighted by Gasteiger charge is 2.20. The van der Waals surface area contributed by atoms with Crippen molar-refractivity contribution in [1.29, 1.82) is 0 Å². The summed E-state index contributed by atoms with van der Waals surface area (Å²) in [6.07, 6.45) is 6.87. The lowest BCUT2D eigenvalue weighted by molar-refractivity contribution is 0.284. The lowest BCUT2D eigenvalue weighted by Gasteiger charge is -2.27. The van der Waals surface area contributed by atoms with Crippen LogP contribution in [-0.4, -0.2) is 0 Å². The minimum atomic E-state index is -0.921. The molecular weight excluding hydrogens is 318 g/mol. The SMILES string of the molecule is C=CC1CCC(c2ccc(COc3ccc(C)c(F)c3F)cc2)CC1.[HH]. The highest BCUT2D eigenvalue weighted by molar-refractivity contribution is 5.31. The summed E-state index contributed by atoms with van der Waals surface area (Å²) in [7, 11) is 0. The molecule has 0 aliphatic heterocycles. The minimum Gasteiger partial charge on any atom is -0.486 e. The topological polar surface area (TPSA) is 9.23 Å². The van der Waals surface area contributed by atoms with Crippen LogP contribution in [0.5, 0.6) is 5.75 Å². The molecule has 0 aromatic heterocycles. The molecule has 2 aromatic carbocycles. The van der Waals surface area contributed by atoms with Gasteiger partial charge in [-0.05, 0) is 67.2 Å². The van der Waals surface area contributed by atoms with E-state index in [2.05, 4.69) is 24.8 Å². The van der Waals surface area contributed by atoms with Crippen molar-refractivity contribution in [2.24, 2.45) is 5.92 Å². The molecule has 0 bridgehead atoms. The van der Waals surface area contributed by atoms with E-state index in [1.54, 1.807) is 0 Å². The first-order valence-corrected chi connectivity index (χ1v) is 8.87. The molecule has 25 heavy (non-hydrogen) atoms. The van der Waals surface area contributed by atoms with Crippen LogP contribution in [-0.2, 0) is 6.61 Å².